The highest BCUT2D eigenvalue weighted by Gasteiger charge is 2.22. The fraction of sp³-hybridized carbons (Fsp3) is 0.333. The second kappa shape index (κ2) is 19.9. The van der Waals surface area contributed by atoms with E-state index >= 15 is 0 Å². The Hall–Kier alpha value is -5.12. The molecule has 0 aliphatic heterocycles. The van der Waals surface area contributed by atoms with Gasteiger partial charge in [0.15, 0.2) is 6.10 Å². The molecule has 0 aliphatic rings. The van der Waals surface area contributed by atoms with E-state index < -0.39 is 18.0 Å². The Morgan fingerprint density at radius 2 is 1.51 bits per heavy atom. The van der Waals surface area contributed by atoms with E-state index in [1.807, 2.05) is 0 Å². The molecule has 0 bridgehead atoms. The fourth-order valence-electron chi connectivity index (χ4n) is 4.79. The number of benzene rings is 2. The molecule has 0 amide bonds. The summed E-state index contributed by atoms with van der Waals surface area (Å²) in [6, 6.07) is 18.0. The number of unbranched alkanes of at least 4 members (excludes halogenated alkanes) is 2. The number of anilines is 1. The molecule has 4 aromatic rings. The molecule has 2 aromatic heterocycles. The van der Waals surface area contributed by atoms with Gasteiger partial charge in [-0.05, 0) is 80.7 Å². The first-order valence-electron chi connectivity index (χ1n) is 16.2. The van der Waals surface area contributed by atoms with Gasteiger partial charge in [0.2, 0.25) is 5.89 Å². The zero-order valence-electron chi connectivity index (χ0n) is 27.8. The van der Waals surface area contributed by atoms with Gasteiger partial charge in [0, 0.05) is 34.7 Å². The zero-order chi connectivity index (χ0) is 36.6. The van der Waals surface area contributed by atoms with Crippen molar-refractivity contribution in [2.75, 3.05) is 32.0 Å². The number of esters is 2. The quantitative estimate of drug-likeness (QED) is 0.0591. The minimum Gasteiger partial charge on any atom is -0.490 e. The van der Waals surface area contributed by atoms with Crippen LogP contribution in [0.25, 0.3) is 22.6 Å². The summed E-state index contributed by atoms with van der Waals surface area (Å²) in [4.78, 5) is 33.5. The smallest absolute Gasteiger partial charge is 0.306 e. The lowest BCUT2D eigenvalue weighted by Crippen LogP contribution is -2.31. The first-order valence-corrected chi connectivity index (χ1v) is 17.6. The van der Waals surface area contributed by atoms with Crippen molar-refractivity contribution in [1.29, 1.82) is 10.5 Å². The highest BCUT2D eigenvalue weighted by Crippen LogP contribution is 2.37. The van der Waals surface area contributed by atoms with E-state index in [9.17, 15) is 20.1 Å². The van der Waals surface area contributed by atoms with E-state index in [1.165, 1.54) is 18.0 Å². The summed E-state index contributed by atoms with van der Waals surface area (Å²) < 4.78 is 22.4. The number of oxazole rings is 1. The van der Waals surface area contributed by atoms with Gasteiger partial charge in [-0.25, -0.2) is 9.97 Å². The average molecular weight is 732 g/mol. The third kappa shape index (κ3) is 11.5. The average Bonchev–Trinajstić information content (AvgIpc) is 3.61. The van der Waals surface area contributed by atoms with Crippen LogP contribution in [0.2, 0.25) is 5.02 Å². The Morgan fingerprint density at radius 3 is 2.16 bits per heavy atom. The molecule has 0 saturated heterocycles. The minimum absolute atomic E-state index is 0.0231. The van der Waals surface area contributed by atoms with Crippen molar-refractivity contribution < 1.29 is 28.2 Å². The van der Waals surface area contributed by atoms with Crippen LogP contribution < -0.4 is 21.9 Å². The lowest BCUT2D eigenvalue weighted by molar-refractivity contribution is -0.161. The number of nitrogen functional groups attached to an aromatic ring is 1. The summed E-state index contributed by atoms with van der Waals surface area (Å²) >= 11 is 7.22. The lowest BCUT2D eigenvalue weighted by Gasteiger charge is -2.19. The van der Waals surface area contributed by atoms with Crippen LogP contribution in [-0.4, -0.2) is 54.3 Å². The Balaban J connectivity index is 1.47. The van der Waals surface area contributed by atoms with Gasteiger partial charge in [-0.15, -0.1) is 0 Å². The number of aromatic nitrogens is 2. The molecule has 0 saturated carbocycles. The van der Waals surface area contributed by atoms with Crippen LogP contribution in [0.3, 0.4) is 0 Å². The van der Waals surface area contributed by atoms with E-state index in [1.54, 1.807) is 48.5 Å². The number of ether oxygens (including phenoxy) is 3. The molecule has 13 nitrogen and oxygen atoms in total. The number of hydrogen-bond acceptors (Lipinski definition) is 14. The van der Waals surface area contributed by atoms with Crippen molar-refractivity contribution in [3.05, 3.63) is 76.6 Å². The molecule has 4 rings (SSSR count). The number of carbonyl (C=O) groups excluding carboxylic acids is 2. The topological polar surface area (TPSA) is 226 Å². The van der Waals surface area contributed by atoms with Crippen LogP contribution in [0, 0.1) is 22.7 Å². The molecular formula is C36H38ClN7O6S. The fourth-order valence-corrected chi connectivity index (χ4v) is 5.78. The third-order valence-electron chi connectivity index (χ3n) is 7.39. The van der Waals surface area contributed by atoms with Crippen LogP contribution >= 0.6 is 23.4 Å². The summed E-state index contributed by atoms with van der Waals surface area (Å²) in [7, 11) is 0. The van der Waals surface area contributed by atoms with Crippen LogP contribution in [0.15, 0.2) is 64.2 Å². The molecule has 15 heteroatoms. The highest BCUT2D eigenvalue weighted by atomic mass is 35.5. The van der Waals surface area contributed by atoms with Crippen molar-refractivity contribution in [3.63, 3.8) is 0 Å². The maximum absolute atomic E-state index is 12.4. The summed E-state index contributed by atoms with van der Waals surface area (Å²) in [5.74, 6) is 0.256. The van der Waals surface area contributed by atoms with Gasteiger partial charge in [0.1, 0.15) is 53.8 Å². The van der Waals surface area contributed by atoms with E-state index in [-0.39, 0.29) is 43.0 Å². The molecule has 2 heterocycles. The number of halogens is 1. The van der Waals surface area contributed by atoms with Gasteiger partial charge in [0.25, 0.3) is 0 Å². The van der Waals surface area contributed by atoms with Crippen LogP contribution in [0.4, 0.5) is 5.82 Å². The predicted molar refractivity (Wildman–Crippen MR) is 192 cm³/mol. The molecule has 1 unspecified atom stereocenters. The number of carbonyl (C=O) groups is 2. The molecule has 0 fully saturated rings. The summed E-state index contributed by atoms with van der Waals surface area (Å²) in [5.41, 5.74) is 19.7. The number of nitrogens with two attached hydrogens (primary N) is 3. The van der Waals surface area contributed by atoms with Crippen molar-refractivity contribution >= 4 is 41.1 Å². The largest absolute Gasteiger partial charge is 0.490 e. The number of pyridine rings is 1. The SMILES string of the molecule is N#Cc1c(N)nc(SCc2coc(-c3ccc(Cl)cc3)n2)c(C#N)c1-c1ccc(OCC(COC(=O)CCCCN)OC(=O)CCCCN)cc1. The first kappa shape index (κ1) is 38.7. The second-order valence-corrected chi connectivity index (χ2v) is 12.6. The van der Waals surface area contributed by atoms with Crippen molar-refractivity contribution in [2.24, 2.45) is 11.5 Å². The molecule has 2 aromatic carbocycles. The van der Waals surface area contributed by atoms with Crippen molar-refractivity contribution in [1.82, 2.24) is 9.97 Å². The van der Waals surface area contributed by atoms with Gasteiger partial charge >= 0.3 is 11.9 Å². The number of thioether (sulfide) groups is 1. The molecule has 51 heavy (non-hydrogen) atoms. The zero-order valence-corrected chi connectivity index (χ0v) is 29.4. The van der Waals surface area contributed by atoms with E-state index in [0.717, 1.165) is 5.56 Å². The second-order valence-electron chi connectivity index (χ2n) is 11.2. The molecule has 0 aliphatic carbocycles. The Labute approximate surface area is 305 Å². The molecular weight excluding hydrogens is 694 g/mol. The minimum atomic E-state index is -0.851. The molecule has 0 spiro atoms. The van der Waals surface area contributed by atoms with Gasteiger partial charge in [-0.1, -0.05) is 35.5 Å². The molecule has 0 radical (unpaired) electrons. The monoisotopic (exact) mass is 731 g/mol. The summed E-state index contributed by atoms with van der Waals surface area (Å²) in [5, 5.41) is 21.1. The molecule has 1 atom stereocenters. The van der Waals surface area contributed by atoms with Crippen LogP contribution in [0.1, 0.15) is 55.3 Å². The van der Waals surface area contributed by atoms with E-state index in [4.69, 9.17) is 47.4 Å². The van der Waals surface area contributed by atoms with Gasteiger partial charge < -0.3 is 35.8 Å². The first-order chi connectivity index (χ1) is 24.8. The maximum Gasteiger partial charge on any atom is 0.306 e. The Kier molecular flexibility index (Phi) is 15.1. The summed E-state index contributed by atoms with van der Waals surface area (Å²) in [6.45, 7) is 0.677. The van der Waals surface area contributed by atoms with Crippen molar-refractivity contribution in [2.45, 2.75) is 55.4 Å². The molecule has 266 valence electrons. The third-order valence-corrected chi connectivity index (χ3v) is 8.65. The number of rotatable bonds is 19. The molecule has 6 N–H and O–H groups in total. The summed E-state index contributed by atoms with van der Waals surface area (Å²) in [6.07, 6.45) is 3.60. The normalized spacial score (nSPS) is 11.3. The van der Waals surface area contributed by atoms with Crippen LogP contribution in [0.5, 0.6) is 5.75 Å². The maximum atomic E-state index is 12.4. The van der Waals surface area contributed by atoms with Crippen molar-refractivity contribution in [3.8, 4) is 40.5 Å². The standard InChI is InChI=1S/C36H38ClN7O6S/c37-25-11-7-24(8-12-25)35-43-26(19-49-35)22-51-36-30(18-41)33(29(17-40)34(42)44-36)23-9-13-27(14-10-23)47-20-28(50-32(46)6-2-4-16-39)21-48-31(45)5-1-3-15-38/h7-14,19,28H,1-6,15-16,20-22,38-39H2,(H2,42,44). The lowest BCUT2D eigenvalue weighted by atomic mass is 9.97. The van der Waals surface area contributed by atoms with Gasteiger partial charge in [-0.3, -0.25) is 9.59 Å². The number of nitriles is 2. The number of hydrogen-bond donors (Lipinski definition) is 3. The van der Waals surface area contributed by atoms with E-state index in [2.05, 4.69) is 22.1 Å². The van der Waals surface area contributed by atoms with Crippen LogP contribution in [-0.2, 0) is 24.8 Å². The van der Waals surface area contributed by atoms with Gasteiger partial charge in [0.05, 0.1) is 11.3 Å². The predicted octanol–water partition coefficient (Wildman–Crippen LogP) is 5.77. The highest BCUT2D eigenvalue weighted by molar-refractivity contribution is 7.98. The van der Waals surface area contributed by atoms with Gasteiger partial charge in [-0.2, -0.15) is 10.5 Å². The van der Waals surface area contributed by atoms with E-state index in [0.29, 0.717) is 83.0 Å². The Bertz CT molecular complexity index is 1860. The Morgan fingerprint density at radius 1 is 0.863 bits per heavy atom. The number of nitrogens with zero attached hydrogens (tertiary/aromatic N) is 4.